The van der Waals surface area contributed by atoms with Crippen molar-refractivity contribution in [2.75, 3.05) is 32.1 Å². The third kappa shape index (κ3) is 5.74. The second-order valence-corrected chi connectivity index (χ2v) is 5.80. The van der Waals surface area contributed by atoms with E-state index in [1.54, 1.807) is 6.33 Å². The van der Waals surface area contributed by atoms with Crippen molar-refractivity contribution in [3.63, 3.8) is 0 Å². The summed E-state index contributed by atoms with van der Waals surface area (Å²) in [5.74, 6) is 2.71. The van der Waals surface area contributed by atoms with E-state index in [1.165, 1.54) is 0 Å². The molecule has 2 N–H and O–H groups in total. The Morgan fingerprint density at radius 2 is 2.08 bits per heavy atom. The van der Waals surface area contributed by atoms with Crippen molar-refractivity contribution in [3.8, 4) is 0 Å². The van der Waals surface area contributed by atoms with Gasteiger partial charge in [-0.3, -0.25) is 0 Å². The molecule has 2 rings (SSSR count). The van der Waals surface area contributed by atoms with Gasteiger partial charge in [-0.1, -0.05) is 13.0 Å². The minimum Gasteiger partial charge on any atom is -0.363 e. The zero-order chi connectivity index (χ0) is 18.1. The van der Waals surface area contributed by atoms with E-state index in [0.717, 1.165) is 49.4 Å². The smallest absolute Gasteiger partial charge is 0.191 e. The number of aryl methyl sites for hydroxylation is 1. The molecule has 0 unspecified atom stereocenters. The zero-order valence-electron chi connectivity index (χ0n) is 15.5. The number of nitrogens with one attached hydrogen (secondary N) is 2. The van der Waals surface area contributed by atoms with E-state index in [1.807, 2.05) is 37.2 Å². The monoisotopic (exact) mass is 344 g/mol. The lowest BCUT2D eigenvalue weighted by molar-refractivity contribution is 0.632. The van der Waals surface area contributed by atoms with Crippen LogP contribution < -0.4 is 15.5 Å². The van der Waals surface area contributed by atoms with E-state index in [4.69, 9.17) is 0 Å². The first-order valence-electron chi connectivity index (χ1n) is 8.66. The molecular weight excluding hydrogens is 316 g/mol. The summed E-state index contributed by atoms with van der Waals surface area (Å²) in [6.07, 6.45) is 2.64. The first-order valence-corrected chi connectivity index (χ1v) is 8.66. The second-order valence-electron chi connectivity index (χ2n) is 5.80. The molecule has 25 heavy (non-hydrogen) atoms. The molecule has 0 bridgehead atoms. The number of aromatic nitrogens is 4. The fourth-order valence-corrected chi connectivity index (χ4v) is 2.34. The molecule has 0 aliphatic carbocycles. The SMILES string of the molecule is CCNC(=NCc1cccc(N(C)C)n1)NCCn1cnnc1CC. The lowest BCUT2D eigenvalue weighted by atomic mass is 10.3. The molecule has 0 saturated heterocycles. The van der Waals surface area contributed by atoms with Gasteiger partial charge in [-0.25, -0.2) is 9.98 Å². The van der Waals surface area contributed by atoms with E-state index in [0.29, 0.717) is 6.54 Å². The van der Waals surface area contributed by atoms with Gasteiger partial charge >= 0.3 is 0 Å². The van der Waals surface area contributed by atoms with Gasteiger partial charge in [0, 0.05) is 40.2 Å². The van der Waals surface area contributed by atoms with Gasteiger partial charge in [-0.2, -0.15) is 0 Å². The number of nitrogens with zero attached hydrogens (tertiary/aromatic N) is 6. The second kappa shape index (κ2) is 9.61. The molecule has 0 amide bonds. The minimum absolute atomic E-state index is 0.532. The maximum atomic E-state index is 4.62. The molecule has 0 spiro atoms. The summed E-state index contributed by atoms with van der Waals surface area (Å²) in [6, 6.07) is 5.98. The van der Waals surface area contributed by atoms with Crippen LogP contribution in [0.1, 0.15) is 25.4 Å². The molecule has 8 heteroatoms. The average Bonchev–Trinajstić information content (AvgIpc) is 3.07. The van der Waals surface area contributed by atoms with Crippen LogP contribution in [0.2, 0.25) is 0 Å². The summed E-state index contributed by atoms with van der Waals surface area (Å²) >= 11 is 0. The molecule has 8 nitrogen and oxygen atoms in total. The largest absolute Gasteiger partial charge is 0.363 e. The van der Waals surface area contributed by atoms with Gasteiger partial charge in [0.1, 0.15) is 18.0 Å². The number of pyridine rings is 1. The highest BCUT2D eigenvalue weighted by atomic mass is 15.3. The van der Waals surface area contributed by atoms with Crippen LogP contribution in [0.3, 0.4) is 0 Å². The molecule has 0 aliphatic heterocycles. The Kier molecular flexibility index (Phi) is 7.18. The Hall–Kier alpha value is -2.64. The fraction of sp³-hybridized carbons (Fsp3) is 0.529. The zero-order valence-corrected chi connectivity index (χ0v) is 15.5. The molecule has 136 valence electrons. The van der Waals surface area contributed by atoms with Gasteiger partial charge in [0.25, 0.3) is 0 Å². The van der Waals surface area contributed by atoms with Crippen LogP contribution in [0.15, 0.2) is 29.5 Å². The quantitative estimate of drug-likeness (QED) is 0.550. The number of hydrogen-bond donors (Lipinski definition) is 2. The van der Waals surface area contributed by atoms with Gasteiger partial charge in [0.15, 0.2) is 5.96 Å². The van der Waals surface area contributed by atoms with E-state index >= 15 is 0 Å². The highest BCUT2D eigenvalue weighted by Gasteiger charge is 2.03. The summed E-state index contributed by atoms with van der Waals surface area (Å²) in [7, 11) is 3.97. The summed E-state index contributed by atoms with van der Waals surface area (Å²) in [4.78, 5) is 11.2. The first kappa shape index (κ1) is 18.7. The Morgan fingerprint density at radius 3 is 2.80 bits per heavy atom. The van der Waals surface area contributed by atoms with Crippen LogP contribution in [-0.2, 0) is 19.5 Å². The average molecular weight is 344 g/mol. The summed E-state index contributed by atoms with van der Waals surface area (Å²) in [5, 5.41) is 14.6. The third-order valence-electron chi connectivity index (χ3n) is 3.65. The third-order valence-corrected chi connectivity index (χ3v) is 3.65. The Bertz CT molecular complexity index is 677. The van der Waals surface area contributed by atoms with Crippen LogP contribution >= 0.6 is 0 Å². The highest BCUT2D eigenvalue weighted by Crippen LogP contribution is 2.08. The number of rotatable bonds is 8. The minimum atomic E-state index is 0.532. The molecule has 0 radical (unpaired) electrons. The normalized spacial score (nSPS) is 11.4. The summed E-state index contributed by atoms with van der Waals surface area (Å²) < 4.78 is 2.05. The van der Waals surface area contributed by atoms with Crippen molar-refractivity contribution in [2.45, 2.75) is 33.4 Å². The number of aliphatic imine (C=N–C) groups is 1. The molecular formula is C17H28N8. The molecule has 0 aliphatic rings. The standard InChI is InChI=1S/C17H28N8/c1-5-15-23-21-13-25(15)11-10-19-17(18-6-2)20-12-14-8-7-9-16(22-14)24(3)4/h7-9,13H,5-6,10-12H2,1-4H3,(H2,18,19,20). The number of anilines is 1. The first-order chi connectivity index (χ1) is 12.1. The van der Waals surface area contributed by atoms with Crippen LogP contribution in [0.25, 0.3) is 0 Å². The van der Waals surface area contributed by atoms with Crippen molar-refractivity contribution in [3.05, 3.63) is 36.0 Å². The molecule has 0 saturated carbocycles. The van der Waals surface area contributed by atoms with Crippen LogP contribution in [0.5, 0.6) is 0 Å². The van der Waals surface area contributed by atoms with E-state index < -0.39 is 0 Å². The number of hydrogen-bond acceptors (Lipinski definition) is 5. The molecule has 0 fully saturated rings. The van der Waals surface area contributed by atoms with Crippen molar-refractivity contribution in [1.29, 1.82) is 0 Å². The molecule has 2 aromatic rings. The summed E-state index contributed by atoms with van der Waals surface area (Å²) in [5.41, 5.74) is 0.940. The lowest BCUT2D eigenvalue weighted by Gasteiger charge is -2.13. The predicted molar refractivity (Wildman–Crippen MR) is 101 cm³/mol. The van der Waals surface area contributed by atoms with Gasteiger partial charge in [0.05, 0.1) is 12.2 Å². The Balaban J connectivity index is 1.92. The van der Waals surface area contributed by atoms with Gasteiger partial charge in [0.2, 0.25) is 0 Å². The van der Waals surface area contributed by atoms with Crippen LogP contribution in [0.4, 0.5) is 5.82 Å². The molecule has 2 aromatic heterocycles. The van der Waals surface area contributed by atoms with Gasteiger partial charge in [-0.05, 0) is 19.1 Å². The Labute approximate surface area is 149 Å². The molecule has 0 aromatic carbocycles. The maximum absolute atomic E-state index is 4.62. The maximum Gasteiger partial charge on any atom is 0.191 e. The topological polar surface area (TPSA) is 83.3 Å². The number of guanidine groups is 1. The van der Waals surface area contributed by atoms with E-state index in [-0.39, 0.29) is 0 Å². The highest BCUT2D eigenvalue weighted by molar-refractivity contribution is 5.79. The van der Waals surface area contributed by atoms with Gasteiger partial charge < -0.3 is 20.1 Å². The summed E-state index contributed by atoms with van der Waals surface area (Å²) in [6.45, 7) is 7.02. The Morgan fingerprint density at radius 1 is 1.24 bits per heavy atom. The van der Waals surface area contributed by atoms with Crippen LogP contribution in [-0.4, -0.2) is 52.9 Å². The van der Waals surface area contributed by atoms with Crippen molar-refractivity contribution >= 4 is 11.8 Å². The molecule has 2 heterocycles. The fourth-order valence-electron chi connectivity index (χ4n) is 2.34. The van der Waals surface area contributed by atoms with Crippen molar-refractivity contribution in [2.24, 2.45) is 4.99 Å². The van der Waals surface area contributed by atoms with Crippen molar-refractivity contribution < 1.29 is 0 Å². The molecule has 0 atom stereocenters. The van der Waals surface area contributed by atoms with Crippen molar-refractivity contribution in [1.82, 2.24) is 30.4 Å². The van der Waals surface area contributed by atoms with Gasteiger partial charge in [-0.15, -0.1) is 10.2 Å². The van der Waals surface area contributed by atoms with E-state index in [2.05, 4.69) is 49.2 Å². The van der Waals surface area contributed by atoms with E-state index in [9.17, 15) is 0 Å². The predicted octanol–water partition coefficient (Wildman–Crippen LogP) is 1.06. The van der Waals surface area contributed by atoms with Crippen LogP contribution in [0, 0.1) is 0 Å². The lowest BCUT2D eigenvalue weighted by Crippen LogP contribution is -2.39.